The molecule has 0 atom stereocenters. The number of nitrogens with one attached hydrogen (secondary N) is 1. The van der Waals surface area contributed by atoms with Crippen LogP contribution in [0.15, 0.2) is 36.7 Å². The fourth-order valence-electron chi connectivity index (χ4n) is 1.42. The molecule has 1 N–H and O–H groups in total. The summed E-state index contributed by atoms with van der Waals surface area (Å²) in [6, 6.07) is 7.35. The molecule has 18 heavy (non-hydrogen) atoms. The zero-order chi connectivity index (χ0) is 12.8. The van der Waals surface area contributed by atoms with Crippen LogP contribution in [0.25, 0.3) is 0 Å². The molecule has 0 radical (unpaired) electrons. The van der Waals surface area contributed by atoms with E-state index in [2.05, 4.69) is 15.3 Å². The molecule has 0 fully saturated rings. The van der Waals surface area contributed by atoms with E-state index in [1.807, 2.05) is 25.1 Å². The fourth-order valence-corrected chi connectivity index (χ4v) is 1.61. The Morgan fingerprint density at radius 1 is 1.22 bits per heavy atom. The summed E-state index contributed by atoms with van der Waals surface area (Å²) in [6.45, 7) is 3.18. The van der Waals surface area contributed by atoms with Crippen LogP contribution in [0, 0.1) is 0 Å². The number of anilines is 1. The van der Waals surface area contributed by atoms with Gasteiger partial charge in [-0.1, -0.05) is 23.7 Å². The summed E-state index contributed by atoms with van der Waals surface area (Å²) in [5.74, 6) is 1.41. The molecule has 4 nitrogen and oxygen atoms in total. The third-order valence-electron chi connectivity index (χ3n) is 2.28. The van der Waals surface area contributed by atoms with Crippen LogP contribution in [0.1, 0.15) is 12.6 Å². The number of halogens is 1. The second-order valence-corrected chi connectivity index (χ2v) is 4.05. The number of aromatic nitrogens is 2. The number of rotatable bonds is 5. The lowest BCUT2D eigenvalue weighted by atomic mass is 10.3. The summed E-state index contributed by atoms with van der Waals surface area (Å²) >= 11 is 5.99. The molecule has 0 saturated carbocycles. The van der Waals surface area contributed by atoms with Crippen molar-refractivity contribution in [2.45, 2.75) is 13.5 Å². The highest BCUT2D eigenvalue weighted by Gasteiger charge is 2.02. The zero-order valence-corrected chi connectivity index (χ0v) is 10.8. The van der Waals surface area contributed by atoms with Gasteiger partial charge in [-0.3, -0.25) is 4.98 Å². The number of benzene rings is 1. The molecule has 5 heteroatoms. The van der Waals surface area contributed by atoms with Crippen LogP contribution in [0.4, 0.5) is 5.82 Å². The fraction of sp³-hybridized carbons (Fsp3) is 0.231. The van der Waals surface area contributed by atoms with Gasteiger partial charge in [0.15, 0.2) is 0 Å². The molecule has 0 amide bonds. The third-order valence-corrected chi connectivity index (χ3v) is 2.59. The first-order chi connectivity index (χ1) is 8.79. The Bertz CT molecular complexity index is 502. The lowest BCUT2D eigenvalue weighted by Gasteiger charge is -2.07. The lowest BCUT2D eigenvalue weighted by molar-refractivity contribution is 0.301. The molecule has 1 heterocycles. The summed E-state index contributed by atoms with van der Waals surface area (Å²) in [4.78, 5) is 8.47. The first-order valence-corrected chi connectivity index (χ1v) is 6.09. The Labute approximate surface area is 111 Å². The van der Waals surface area contributed by atoms with E-state index in [0.717, 1.165) is 18.1 Å². The summed E-state index contributed by atoms with van der Waals surface area (Å²) in [6.07, 6.45) is 3.38. The van der Waals surface area contributed by atoms with Gasteiger partial charge in [-0.25, -0.2) is 4.98 Å². The first kappa shape index (κ1) is 12.6. The maximum absolute atomic E-state index is 5.99. The molecule has 1 aromatic carbocycles. The van der Waals surface area contributed by atoms with Gasteiger partial charge in [0.25, 0.3) is 0 Å². The summed E-state index contributed by atoms with van der Waals surface area (Å²) < 4.78 is 5.57. The number of nitrogens with zero attached hydrogens (tertiary/aromatic N) is 2. The van der Waals surface area contributed by atoms with Gasteiger partial charge < -0.3 is 10.1 Å². The van der Waals surface area contributed by atoms with Gasteiger partial charge in [0.05, 0.1) is 23.1 Å². The summed E-state index contributed by atoms with van der Waals surface area (Å²) in [5.41, 5.74) is 0.761. The van der Waals surface area contributed by atoms with Crippen molar-refractivity contribution < 1.29 is 4.74 Å². The minimum atomic E-state index is 0.350. The molecule has 0 spiro atoms. The number of hydrogen-bond acceptors (Lipinski definition) is 4. The molecular weight excluding hydrogens is 250 g/mol. The van der Waals surface area contributed by atoms with Gasteiger partial charge >= 0.3 is 0 Å². The average molecular weight is 264 g/mol. The Kier molecular flexibility index (Phi) is 4.36. The van der Waals surface area contributed by atoms with Crippen LogP contribution >= 0.6 is 11.6 Å². The van der Waals surface area contributed by atoms with Crippen molar-refractivity contribution in [1.29, 1.82) is 0 Å². The Hall–Kier alpha value is -1.81. The maximum Gasteiger partial charge on any atom is 0.144 e. The molecule has 2 rings (SSSR count). The highest BCUT2D eigenvalue weighted by Crippen LogP contribution is 2.23. The second-order valence-electron chi connectivity index (χ2n) is 3.64. The van der Waals surface area contributed by atoms with Crippen molar-refractivity contribution in [2.75, 3.05) is 11.9 Å². The molecule has 0 bridgehead atoms. The molecule has 0 saturated heterocycles. The van der Waals surface area contributed by atoms with Gasteiger partial charge in [0.1, 0.15) is 18.2 Å². The van der Waals surface area contributed by atoms with Crippen molar-refractivity contribution in [1.82, 2.24) is 9.97 Å². The second kappa shape index (κ2) is 6.21. The number of hydrogen-bond donors (Lipinski definition) is 1. The first-order valence-electron chi connectivity index (χ1n) is 5.71. The van der Waals surface area contributed by atoms with Crippen molar-refractivity contribution in [3.63, 3.8) is 0 Å². The van der Waals surface area contributed by atoms with E-state index in [0.29, 0.717) is 17.4 Å². The third kappa shape index (κ3) is 3.34. The molecule has 0 unspecified atom stereocenters. The highest BCUT2D eigenvalue weighted by atomic mass is 35.5. The van der Waals surface area contributed by atoms with E-state index in [9.17, 15) is 0 Å². The largest absolute Gasteiger partial charge is 0.486 e. The van der Waals surface area contributed by atoms with Gasteiger partial charge in [-0.15, -0.1) is 0 Å². The van der Waals surface area contributed by atoms with Crippen molar-refractivity contribution in [3.8, 4) is 5.75 Å². The Balaban J connectivity index is 1.96. The van der Waals surface area contributed by atoms with Gasteiger partial charge in [-0.05, 0) is 19.1 Å². The molecular formula is C13H14ClN3O. The lowest BCUT2D eigenvalue weighted by Crippen LogP contribution is -2.03. The highest BCUT2D eigenvalue weighted by molar-refractivity contribution is 6.32. The molecule has 1 aromatic heterocycles. The number of para-hydroxylation sites is 1. The minimum absolute atomic E-state index is 0.350. The topological polar surface area (TPSA) is 47.0 Å². The van der Waals surface area contributed by atoms with Crippen LogP contribution in [-0.4, -0.2) is 16.5 Å². The van der Waals surface area contributed by atoms with Crippen LogP contribution in [0.5, 0.6) is 5.75 Å². The molecule has 0 aliphatic rings. The molecule has 0 aliphatic heterocycles. The van der Waals surface area contributed by atoms with Gasteiger partial charge in [-0.2, -0.15) is 0 Å². The molecule has 0 aliphatic carbocycles. The van der Waals surface area contributed by atoms with E-state index in [1.165, 1.54) is 0 Å². The van der Waals surface area contributed by atoms with E-state index in [4.69, 9.17) is 16.3 Å². The van der Waals surface area contributed by atoms with Crippen LogP contribution in [0.3, 0.4) is 0 Å². The van der Waals surface area contributed by atoms with Gasteiger partial charge in [0, 0.05) is 6.54 Å². The quantitative estimate of drug-likeness (QED) is 0.900. The molecule has 94 valence electrons. The predicted octanol–water partition coefficient (Wildman–Crippen LogP) is 3.14. The van der Waals surface area contributed by atoms with Crippen LogP contribution in [-0.2, 0) is 6.61 Å². The van der Waals surface area contributed by atoms with E-state index in [1.54, 1.807) is 18.5 Å². The average Bonchev–Trinajstić information content (AvgIpc) is 2.40. The van der Waals surface area contributed by atoms with Crippen molar-refractivity contribution >= 4 is 17.4 Å². The smallest absolute Gasteiger partial charge is 0.144 e. The monoisotopic (exact) mass is 263 g/mol. The van der Waals surface area contributed by atoms with Crippen molar-refractivity contribution in [2.24, 2.45) is 0 Å². The normalized spacial score (nSPS) is 10.1. The van der Waals surface area contributed by atoms with Crippen molar-refractivity contribution in [3.05, 3.63) is 47.4 Å². The van der Waals surface area contributed by atoms with E-state index >= 15 is 0 Å². The minimum Gasteiger partial charge on any atom is -0.486 e. The Morgan fingerprint density at radius 3 is 2.72 bits per heavy atom. The van der Waals surface area contributed by atoms with Crippen LogP contribution in [0.2, 0.25) is 5.02 Å². The predicted molar refractivity (Wildman–Crippen MR) is 72.0 cm³/mol. The SMILES string of the molecule is CCNc1cnc(COc2ccccc2Cl)cn1. The molecule has 2 aromatic rings. The Morgan fingerprint density at radius 2 is 2.06 bits per heavy atom. The van der Waals surface area contributed by atoms with Crippen LogP contribution < -0.4 is 10.1 Å². The summed E-state index contributed by atoms with van der Waals surface area (Å²) in [7, 11) is 0. The van der Waals surface area contributed by atoms with E-state index in [-0.39, 0.29) is 0 Å². The van der Waals surface area contributed by atoms with E-state index < -0.39 is 0 Å². The standard InChI is InChI=1S/C13H14ClN3O/c1-2-15-13-8-16-10(7-17-13)9-18-12-6-4-3-5-11(12)14/h3-8H,2,9H2,1H3,(H,15,17). The van der Waals surface area contributed by atoms with Gasteiger partial charge in [0.2, 0.25) is 0 Å². The summed E-state index contributed by atoms with van der Waals surface area (Å²) in [5, 5.41) is 3.67. The number of ether oxygens (including phenoxy) is 1. The maximum atomic E-state index is 5.99. The zero-order valence-electron chi connectivity index (χ0n) is 10.1.